The standard InChI is InChI=1S/C15H20N4OS/c1-15(2)6-3-10(4-7-15)20-14-17-8-5-11(19-14)12-9-18-13(16)21-12/h5,8-10H,3-4,6-7H2,1-2H3,(H2,16,18). The third-order valence-corrected chi connectivity index (χ3v) is 4.82. The summed E-state index contributed by atoms with van der Waals surface area (Å²) in [6.45, 7) is 4.63. The van der Waals surface area contributed by atoms with Crippen LogP contribution in [0.15, 0.2) is 18.5 Å². The Hall–Kier alpha value is -1.69. The summed E-state index contributed by atoms with van der Waals surface area (Å²) in [7, 11) is 0. The van der Waals surface area contributed by atoms with Gasteiger partial charge in [-0.1, -0.05) is 25.2 Å². The van der Waals surface area contributed by atoms with Crippen molar-refractivity contribution in [3.8, 4) is 16.6 Å². The molecule has 2 N–H and O–H groups in total. The highest BCUT2D eigenvalue weighted by atomic mass is 32.1. The Morgan fingerprint density at radius 3 is 2.71 bits per heavy atom. The van der Waals surface area contributed by atoms with Crippen molar-refractivity contribution in [2.24, 2.45) is 5.41 Å². The maximum atomic E-state index is 5.95. The van der Waals surface area contributed by atoms with Crippen LogP contribution in [0.25, 0.3) is 10.6 Å². The van der Waals surface area contributed by atoms with E-state index in [0.29, 0.717) is 16.6 Å². The fraction of sp³-hybridized carbons (Fsp3) is 0.533. The van der Waals surface area contributed by atoms with Crippen molar-refractivity contribution in [3.05, 3.63) is 18.5 Å². The summed E-state index contributed by atoms with van der Waals surface area (Å²) in [5.74, 6) is 0. The highest BCUT2D eigenvalue weighted by Gasteiger charge is 2.28. The van der Waals surface area contributed by atoms with Gasteiger partial charge in [-0.05, 0) is 37.2 Å². The maximum Gasteiger partial charge on any atom is 0.317 e. The summed E-state index contributed by atoms with van der Waals surface area (Å²) in [5, 5.41) is 0.542. The molecule has 0 aromatic carbocycles. The number of rotatable bonds is 3. The average Bonchev–Trinajstić information content (AvgIpc) is 2.88. The first-order chi connectivity index (χ1) is 10.0. The van der Waals surface area contributed by atoms with Crippen LogP contribution >= 0.6 is 11.3 Å². The van der Waals surface area contributed by atoms with E-state index in [-0.39, 0.29) is 6.10 Å². The van der Waals surface area contributed by atoms with Crippen molar-refractivity contribution in [2.75, 3.05) is 5.73 Å². The van der Waals surface area contributed by atoms with E-state index in [2.05, 4.69) is 28.8 Å². The van der Waals surface area contributed by atoms with E-state index in [1.807, 2.05) is 6.07 Å². The maximum absolute atomic E-state index is 5.95. The normalized spacial score (nSPS) is 18.6. The summed E-state index contributed by atoms with van der Waals surface area (Å²) in [6.07, 6.45) is 8.17. The number of nitrogens with zero attached hydrogens (tertiary/aromatic N) is 3. The predicted molar refractivity (Wildman–Crippen MR) is 84.2 cm³/mol. The molecule has 3 rings (SSSR count). The monoisotopic (exact) mass is 304 g/mol. The first-order valence-electron chi connectivity index (χ1n) is 7.23. The van der Waals surface area contributed by atoms with Crippen molar-refractivity contribution < 1.29 is 4.74 Å². The summed E-state index contributed by atoms with van der Waals surface area (Å²) >= 11 is 1.42. The van der Waals surface area contributed by atoms with Gasteiger partial charge in [0, 0.05) is 12.4 Å². The third kappa shape index (κ3) is 3.50. The zero-order valence-corrected chi connectivity index (χ0v) is 13.2. The summed E-state index contributed by atoms with van der Waals surface area (Å²) in [6, 6.07) is 2.30. The van der Waals surface area contributed by atoms with Crippen LogP contribution in [0.4, 0.5) is 5.13 Å². The summed E-state index contributed by atoms with van der Waals surface area (Å²) in [5.41, 5.74) is 6.91. The molecule has 112 valence electrons. The largest absolute Gasteiger partial charge is 0.460 e. The molecule has 6 heteroatoms. The lowest BCUT2D eigenvalue weighted by Gasteiger charge is -2.33. The minimum Gasteiger partial charge on any atom is -0.460 e. The van der Waals surface area contributed by atoms with E-state index in [1.54, 1.807) is 12.4 Å². The molecule has 5 nitrogen and oxygen atoms in total. The SMILES string of the molecule is CC1(C)CCC(Oc2nccc(-c3cnc(N)s3)n2)CC1. The van der Waals surface area contributed by atoms with E-state index in [1.165, 1.54) is 24.2 Å². The highest BCUT2D eigenvalue weighted by Crippen LogP contribution is 2.36. The van der Waals surface area contributed by atoms with Crippen molar-refractivity contribution in [2.45, 2.75) is 45.6 Å². The van der Waals surface area contributed by atoms with E-state index >= 15 is 0 Å². The number of ether oxygens (including phenoxy) is 1. The Morgan fingerprint density at radius 1 is 1.29 bits per heavy atom. The number of anilines is 1. The van der Waals surface area contributed by atoms with Crippen LogP contribution in [-0.4, -0.2) is 21.1 Å². The van der Waals surface area contributed by atoms with Gasteiger partial charge in [0.2, 0.25) is 0 Å². The number of aromatic nitrogens is 3. The third-order valence-electron chi connectivity index (χ3n) is 3.97. The highest BCUT2D eigenvalue weighted by molar-refractivity contribution is 7.18. The van der Waals surface area contributed by atoms with Crippen molar-refractivity contribution in [1.29, 1.82) is 0 Å². The molecule has 21 heavy (non-hydrogen) atoms. The molecule has 0 aliphatic heterocycles. The van der Waals surface area contributed by atoms with Gasteiger partial charge in [0.1, 0.15) is 6.10 Å². The summed E-state index contributed by atoms with van der Waals surface area (Å²) < 4.78 is 5.95. The number of nitrogen functional groups attached to an aromatic ring is 1. The van der Waals surface area contributed by atoms with Gasteiger partial charge in [0.15, 0.2) is 5.13 Å². The molecule has 0 unspecified atom stereocenters. The van der Waals surface area contributed by atoms with E-state index in [0.717, 1.165) is 23.4 Å². The van der Waals surface area contributed by atoms with Crippen molar-refractivity contribution in [1.82, 2.24) is 15.0 Å². The molecule has 0 amide bonds. The molecular weight excluding hydrogens is 284 g/mol. The lowest BCUT2D eigenvalue weighted by molar-refractivity contribution is 0.0907. The van der Waals surface area contributed by atoms with Crippen LogP contribution in [0, 0.1) is 5.41 Å². The van der Waals surface area contributed by atoms with Crippen LogP contribution in [0.2, 0.25) is 0 Å². The van der Waals surface area contributed by atoms with Gasteiger partial charge in [-0.3, -0.25) is 0 Å². The lowest BCUT2D eigenvalue weighted by Crippen LogP contribution is -2.28. The number of thiazole rings is 1. The van der Waals surface area contributed by atoms with Crippen LogP contribution in [-0.2, 0) is 0 Å². The van der Waals surface area contributed by atoms with Gasteiger partial charge in [-0.25, -0.2) is 9.97 Å². The predicted octanol–water partition coefficient (Wildman–Crippen LogP) is 3.53. The zero-order valence-electron chi connectivity index (χ0n) is 12.4. The average molecular weight is 304 g/mol. The van der Waals surface area contributed by atoms with Gasteiger partial charge in [0.25, 0.3) is 0 Å². The molecule has 0 bridgehead atoms. The van der Waals surface area contributed by atoms with Crippen LogP contribution in [0.5, 0.6) is 6.01 Å². The van der Waals surface area contributed by atoms with E-state index < -0.39 is 0 Å². The number of hydrogen-bond acceptors (Lipinski definition) is 6. The topological polar surface area (TPSA) is 73.9 Å². The molecular formula is C15H20N4OS. The first-order valence-corrected chi connectivity index (χ1v) is 8.05. The molecule has 1 aliphatic rings. The van der Waals surface area contributed by atoms with Gasteiger partial charge in [-0.15, -0.1) is 0 Å². The van der Waals surface area contributed by atoms with E-state index in [9.17, 15) is 0 Å². The number of nitrogens with two attached hydrogens (primary N) is 1. The molecule has 0 saturated heterocycles. The Morgan fingerprint density at radius 2 is 2.05 bits per heavy atom. The smallest absolute Gasteiger partial charge is 0.317 e. The van der Waals surface area contributed by atoms with Gasteiger partial charge in [0.05, 0.1) is 10.6 Å². The fourth-order valence-electron chi connectivity index (χ4n) is 2.58. The second-order valence-corrected chi connectivity index (χ2v) is 7.33. The minimum absolute atomic E-state index is 0.222. The number of hydrogen-bond donors (Lipinski definition) is 1. The molecule has 2 heterocycles. The van der Waals surface area contributed by atoms with E-state index in [4.69, 9.17) is 10.5 Å². The van der Waals surface area contributed by atoms with Crippen molar-refractivity contribution in [3.63, 3.8) is 0 Å². The van der Waals surface area contributed by atoms with Gasteiger partial charge in [-0.2, -0.15) is 4.98 Å². The van der Waals surface area contributed by atoms with Gasteiger partial charge >= 0.3 is 6.01 Å². The molecule has 1 fully saturated rings. The Labute approximate surface area is 128 Å². The second-order valence-electron chi connectivity index (χ2n) is 6.27. The molecule has 0 spiro atoms. The molecule has 2 aromatic heterocycles. The van der Waals surface area contributed by atoms with Crippen molar-refractivity contribution >= 4 is 16.5 Å². The summed E-state index contributed by atoms with van der Waals surface area (Å²) in [4.78, 5) is 13.7. The zero-order chi connectivity index (χ0) is 14.9. The van der Waals surface area contributed by atoms with Crippen LogP contribution in [0.1, 0.15) is 39.5 Å². The molecule has 1 aliphatic carbocycles. The quantitative estimate of drug-likeness (QED) is 0.939. The lowest BCUT2D eigenvalue weighted by atomic mass is 9.76. The van der Waals surface area contributed by atoms with Crippen LogP contribution < -0.4 is 10.5 Å². The van der Waals surface area contributed by atoms with Crippen LogP contribution in [0.3, 0.4) is 0 Å². The Kier molecular flexibility index (Phi) is 3.80. The molecule has 1 saturated carbocycles. The van der Waals surface area contributed by atoms with Gasteiger partial charge < -0.3 is 10.5 Å². The molecule has 0 atom stereocenters. The Balaban J connectivity index is 1.69. The molecule has 0 radical (unpaired) electrons. The second kappa shape index (κ2) is 5.60. The minimum atomic E-state index is 0.222. The fourth-order valence-corrected chi connectivity index (χ4v) is 3.23. The molecule has 2 aromatic rings. The first kappa shape index (κ1) is 14.3. The Bertz CT molecular complexity index is 616.